The summed E-state index contributed by atoms with van der Waals surface area (Å²) in [6.45, 7) is 1.40. The number of imidazole rings is 1. The van der Waals surface area contributed by atoms with Gasteiger partial charge in [-0.15, -0.1) is 0 Å². The standard InChI is InChI=1S/C17H13FN4O2/c18-10-7-9(8-12-15(10)24-17(19)21-12)16-20-11-3-1-4-13-14(11)22(16)5-2-6-23-13/h1,3-4,7-8H,2,5-6H2,(H2,19,21). The Bertz CT molecular complexity index is 1100. The lowest BCUT2D eigenvalue weighted by molar-refractivity contribution is 0.316. The number of aryl methyl sites for hydroxylation is 1. The molecule has 5 rings (SSSR count). The van der Waals surface area contributed by atoms with Crippen molar-refractivity contribution in [2.24, 2.45) is 0 Å². The fourth-order valence-electron chi connectivity index (χ4n) is 3.25. The number of benzene rings is 2. The molecule has 2 N–H and O–H groups in total. The van der Waals surface area contributed by atoms with Crippen LogP contribution in [0.1, 0.15) is 6.42 Å². The van der Waals surface area contributed by atoms with Crippen molar-refractivity contribution in [1.82, 2.24) is 14.5 Å². The minimum atomic E-state index is -0.503. The molecule has 120 valence electrons. The van der Waals surface area contributed by atoms with Gasteiger partial charge in [-0.3, -0.25) is 0 Å². The number of halogens is 1. The third-order valence-electron chi connectivity index (χ3n) is 4.23. The molecule has 0 radical (unpaired) electrons. The smallest absolute Gasteiger partial charge is 0.293 e. The Labute approximate surface area is 135 Å². The highest BCUT2D eigenvalue weighted by molar-refractivity contribution is 5.88. The fraction of sp³-hybridized carbons (Fsp3) is 0.176. The van der Waals surface area contributed by atoms with E-state index in [1.54, 1.807) is 6.07 Å². The highest BCUT2D eigenvalue weighted by Gasteiger charge is 2.20. The molecule has 4 aromatic rings. The fourth-order valence-corrected chi connectivity index (χ4v) is 3.25. The third-order valence-corrected chi connectivity index (χ3v) is 4.23. The van der Waals surface area contributed by atoms with Crippen molar-refractivity contribution in [3.63, 3.8) is 0 Å². The van der Waals surface area contributed by atoms with Crippen LogP contribution in [-0.2, 0) is 6.54 Å². The van der Waals surface area contributed by atoms with Crippen molar-refractivity contribution in [3.05, 3.63) is 36.1 Å². The maximum Gasteiger partial charge on any atom is 0.293 e. The number of nitrogens with two attached hydrogens (primary N) is 1. The Morgan fingerprint density at radius 2 is 2.08 bits per heavy atom. The molecule has 0 unspecified atom stereocenters. The predicted molar refractivity (Wildman–Crippen MR) is 87.2 cm³/mol. The molecule has 24 heavy (non-hydrogen) atoms. The van der Waals surface area contributed by atoms with Gasteiger partial charge in [0.1, 0.15) is 22.6 Å². The van der Waals surface area contributed by atoms with Gasteiger partial charge in [-0.25, -0.2) is 9.37 Å². The van der Waals surface area contributed by atoms with Gasteiger partial charge in [0.2, 0.25) is 0 Å². The molecule has 0 spiro atoms. The van der Waals surface area contributed by atoms with Gasteiger partial charge in [-0.1, -0.05) is 6.07 Å². The zero-order chi connectivity index (χ0) is 16.3. The molecule has 0 saturated carbocycles. The summed E-state index contributed by atoms with van der Waals surface area (Å²) in [5.41, 5.74) is 8.37. The maximum atomic E-state index is 14.4. The summed E-state index contributed by atoms with van der Waals surface area (Å²) in [6.07, 6.45) is 0.856. The van der Waals surface area contributed by atoms with Crippen LogP contribution in [0.25, 0.3) is 33.5 Å². The van der Waals surface area contributed by atoms with E-state index in [0.717, 1.165) is 29.7 Å². The van der Waals surface area contributed by atoms with E-state index in [1.807, 2.05) is 18.2 Å². The van der Waals surface area contributed by atoms with Gasteiger partial charge in [0, 0.05) is 12.1 Å². The van der Waals surface area contributed by atoms with Crippen LogP contribution in [0.4, 0.5) is 10.4 Å². The molecule has 0 saturated heterocycles. The molecule has 0 amide bonds. The molecule has 2 aromatic heterocycles. The normalized spacial score (nSPS) is 14.0. The lowest BCUT2D eigenvalue weighted by Crippen LogP contribution is -2.01. The average Bonchev–Trinajstić information content (AvgIpc) is 3.04. The van der Waals surface area contributed by atoms with Crippen LogP contribution in [0.2, 0.25) is 0 Å². The zero-order valence-corrected chi connectivity index (χ0v) is 12.6. The quantitative estimate of drug-likeness (QED) is 0.581. The topological polar surface area (TPSA) is 79.1 Å². The number of aromatic nitrogens is 3. The van der Waals surface area contributed by atoms with Gasteiger partial charge in [-0.2, -0.15) is 4.98 Å². The SMILES string of the molecule is Nc1nc2cc(-c3nc4cccc5c4n3CCCO5)cc(F)c2o1. The van der Waals surface area contributed by atoms with Crippen LogP contribution in [0.3, 0.4) is 0 Å². The summed E-state index contributed by atoms with van der Waals surface area (Å²) >= 11 is 0. The molecule has 6 nitrogen and oxygen atoms in total. The summed E-state index contributed by atoms with van der Waals surface area (Å²) < 4.78 is 27.3. The van der Waals surface area contributed by atoms with Crippen molar-refractivity contribution in [3.8, 4) is 17.1 Å². The molecule has 0 fully saturated rings. The number of hydrogen-bond acceptors (Lipinski definition) is 5. The summed E-state index contributed by atoms with van der Waals surface area (Å²) in [6, 6.07) is 8.86. The predicted octanol–water partition coefficient (Wildman–Crippen LogP) is 3.35. The van der Waals surface area contributed by atoms with Crippen LogP contribution in [0.15, 0.2) is 34.7 Å². The van der Waals surface area contributed by atoms with E-state index in [2.05, 4.69) is 14.5 Å². The summed E-state index contributed by atoms with van der Waals surface area (Å²) in [4.78, 5) is 8.71. The molecule has 0 aliphatic carbocycles. The van der Waals surface area contributed by atoms with E-state index in [9.17, 15) is 4.39 Å². The summed E-state index contributed by atoms with van der Waals surface area (Å²) in [5, 5.41) is 0. The van der Waals surface area contributed by atoms with Gasteiger partial charge in [0.15, 0.2) is 11.4 Å². The van der Waals surface area contributed by atoms with Gasteiger partial charge < -0.3 is 19.5 Å². The summed E-state index contributed by atoms with van der Waals surface area (Å²) in [7, 11) is 0. The zero-order valence-electron chi connectivity index (χ0n) is 12.6. The Kier molecular flexibility index (Phi) is 2.62. The van der Waals surface area contributed by atoms with Crippen LogP contribution in [0, 0.1) is 5.82 Å². The van der Waals surface area contributed by atoms with Crippen LogP contribution in [-0.4, -0.2) is 21.1 Å². The summed E-state index contributed by atoms with van der Waals surface area (Å²) in [5.74, 6) is 0.984. The van der Waals surface area contributed by atoms with Crippen molar-refractivity contribution in [2.75, 3.05) is 12.3 Å². The molecule has 1 aliphatic rings. The Morgan fingerprint density at radius 1 is 1.17 bits per heavy atom. The second kappa shape index (κ2) is 4.70. The number of rotatable bonds is 1. The van der Waals surface area contributed by atoms with E-state index < -0.39 is 5.82 Å². The second-order valence-corrected chi connectivity index (χ2v) is 5.77. The first-order valence-corrected chi connectivity index (χ1v) is 7.69. The monoisotopic (exact) mass is 324 g/mol. The van der Waals surface area contributed by atoms with Gasteiger partial charge >= 0.3 is 0 Å². The van der Waals surface area contributed by atoms with Gasteiger partial charge in [0.05, 0.1) is 12.1 Å². The molecule has 3 heterocycles. The highest BCUT2D eigenvalue weighted by Crippen LogP contribution is 2.34. The molecule has 2 aromatic carbocycles. The lowest BCUT2D eigenvalue weighted by atomic mass is 10.2. The van der Waals surface area contributed by atoms with E-state index in [4.69, 9.17) is 14.9 Å². The number of para-hydroxylation sites is 1. The number of hydrogen-bond donors (Lipinski definition) is 1. The Morgan fingerprint density at radius 3 is 3.00 bits per heavy atom. The van der Waals surface area contributed by atoms with E-state index in [1.165, 1.54) is 6.07 Å². The van der Waals surface area contributed by atoms with Crippen LogP contribution < -0.4 is 10.5 Å². The van der Waals surface area contributed by atoms with E-state index in [-0.39, 0.29) is 11.6 Å². The Hall–Kier alpha value is -3.09. The van der Waals surface area contributed by atoms with Crippen molar-refractivity contribution < 1.29 is 13.5 Å². The van der Waals surface area contributed by atoms with Crippen molar-refractivity contribution in [2.45, 2.75) is 13.0 Å². The first kappa shape index (κ1) is 13.4. The first-order valence-electron chi connectivity index (χ1n) is 7.69. The number of fused-ring (bicyclic) bond motifs is 1. The lowest BCUT2D eigenvalue weighted by Gasteiger charge is -2.07. The third kappa shape index (κ3) is 1.81. The molecule has 0 bridgehead atoms. The molecule has 1 aliphatic heterocycles. The van der Waals surface area contributed by atoms with Crippen LogP contribution in [0.5, 0.6) is 5.75 Å². The second-order valence-electron chi connectivity index (χ2n) is 5.77. The van der Waals surface area contributed by atoms with Gasteiger partial charge in [-0.05, 0) is 30.7 Å². The molecular formula is C17H13FN4O2. The molecule has 7 heteroatoms. The van der Waals surface area contributed by atoms with Crippen molar-refractivity contribution >= 4 is 28.1 Å². The number of nitrogens with zero attached hydrogens (tertiary/aromatic N) is 3. The molecule has 0 atom stereocenters. The minimum absolute atomic E-state index is 0.0526. The largest absolute Gasteiger partial charge is 0.491 e. The first-order chi connectivity index (χ1) is 11.7. The number of oxazole rings is 1. The average molecular weight is 324 g/mol. The highest BCUT2D eigenvalue weighted by atomic mass is 19.1. The van der Waals surface area contributed by atoms with E-state index in [0.29, 0.717) is 23.5 Å². The maximum absolute atomic E-state index is 14.4. The minimum Gasteiger partial charge on any atom is -0.491 e. The van der Waals surface area contributed by atoms with Crippen molar-refractivity contribution in [1.29, 1.82) is 0 Å². The number of nitrogen functional groups attached to an aromatic ring is 1. The van der Waals surface area contributed by atoms with Crippen LogP contribution >= 0.6 is 0 Å². The number of anilines is 1. The number of ether oxygens (including phenoxy) is 1. The van der Waals surface area contributed by atoms with E-state index >= 15 is 0 Å². The van der Waals surface area contributed by atoms with Gasteiger partial charge in [0.25, 0.3) is 6.01 Å². The Balaban J connectivity index is 1.81. The molecular weight excluding hydrogens is 311 g/mol.